The predicted octanol–water partition coefficient (Wildman–Crippen LogP) is 6.21. The lowest BCUT2D eigenvalue weighted by molar-refractivity contribution is -0.142. The molecule has 2 heterocycles. The Morgan fingerprint density at radius 1 is 1.02 bits per heavy atom. The lowest BCUT2D eigenvalue weighted by Gasteiger charge is -2.39. The van der Waals surface area contributed by atoms with E-state index in [0.717, 1.165) is 52.3 Å². The number of benzene rings is 3. The molecule has 0 saturated carbocycles. The molecule has 1 saturated heterocycles. The lowest BCUT2D eigenvalue weighted by atomic mass is 9.73. The summed E-state index contributed by atoms with van der Waals surface area (Å²) >= 11 is 0. The van der Waals surface area contributed by atoms with Crippen LogP contribution in [0.4, 0.5) is 10.6 Å². The number of methoxy groups -OCH3 is 1. The number of nitrogen functional groups attached to an aromatic ring is 1. The molecule has 1 aliphatic carbocycles. The third-order valence-electron chi connectivity index (χ3n) is 8.71. The van der Waals surface area contributed by atoms with Crippen molar-refractivity contribution in [1.82, 2.24) is 9.88 Å². The SMILES string of the molecule is CCOC(=O)Cc1ccccc1O[C@H]1CC2(CCN(C(=O)OC)CC2)c2ccc(-c3ccc4ccnc(N)c4c3)cc21. The van der Waals surface area contributed by atoms with Crippen molar-refractivity contribution >= 4 is 28.7 Å². The number of likely N-dealkylation sites (tertiary alicyclic amines) is 1. The Morgan fingerprint density at radius 3 is 2.57 bits per heavy atom. The number of rotatable bonds is 6. The molecule has 1 atom stereocenters. The van der Waals surface area contributed by atoms with Crippen LogP contribution in [-0.2, 0) is 26.1 Å². The number of nitrogens with zero attached hydrogens (tertiary/aromatic N) is 2. The van der Waals surface area contributed by atoms with Crippen LogP contribution >= 0.6 is 0 Å². The molecule has 6 rings (SSSR count). The van der Waals surface area contributed by atoms with Gasteiger partial charge in [0.15, 0.2) is 0 Å². The van der Waals surface area contributed by atoms with Gasteiger partial charge in [0.1, 0.15) is 17.7 Å². The lowest BCUT2D eigenvalue weighted by Crippen LogP contribution is -2.44. The summed E-state index contributed by atoms with van der Waals surface area (Å²) in [6, 6.07) is 22.5. The Kier molecular flexibility index (Phi) is 7.45. The fourth-order valence-corrected chi connectivity index (χ4v) is 6.55. The van der Waals surface area contributed by atoms with E-state index in [0.29, 0.717) is 31.3 Å². The van der Waals surface area contributed by atoms with Crippen molar-refractivity contribution in [2.24, 2.45) is 0 Å². The van der Waals surface area contributed by atoms with Gasteiger partial charge in [0, 0.05) is 35.7 Å². The number of hydrogen-bond acceptors (Lipinski definition) is 7. The van der Waals surface area contributed by atoms with Gasteiger partial charge in [-0.1, -0.05) is 42.5 Å². The molecule has 1 aliphatic heterocycles. The van der Waals surface area contributed by atoms with Crippen LogP contribution in [0.15, 0.2) is 72.9 Å². The minimum absolute atomic E-state index is 0.128. The number of nitrogens with two attached hydrogens (primary N) is 1. The van der Waals surface area contributed by atoms with Crippen molar-refractivity contribution < 1.29 is 23.8 Å². The fourth-order valence-electron chi connectivity index (χ4n) is 6.55. The van der Waals surface area contributed by atoms with E-state index in [-0.39, 0.29) is 30.0 Å². The standard InChI is InChI=1S/C34H35N3O5/c1-3-41-31(38)20-25-6-4-5-7-29(25)42-30-21-34(13-16-37(17-14-34)33(39)40-2)28-11-10-24(19-27(28)30)23-9-8-22-12-15-36-32(35)26(22)18-23/h4-12,15,18-19,30H,3,13-14,16-17,20-21H2,1-2H3,(H2,35,36)/t30-/m0/s1. The number of ether oxygens (including phenoxy) is 3. The van der Waals surface area contributed by atoms with Gasteiger partial charge < -0.3 is 24.8 Å². The Labute approximate surface area is 245 Å². The van der Waals surface area contributed by atoms with E-state index >= 15 is 0 Å². The molecule has 0 unspecified atom stereocenters. The van der Waals surface area contributed by atoms with Gasteiger partial charge in [0.2, 0.25) is 0 Å². The maximum Gasteiger partial charge on any atom is 0.409 e. The normalized spacial score (nSPS) is 17.2. The Hall–Kier alpha value is -4.59. The number of para-hydroxylation sites is 1. The molecule has 216 valence electrons. The van der Waals surface area contributed by atoms with Crippen molar-refractivity contribution in [3.05, 3.63) is 89.6 Å². The molecule has 8 heteroatoms. The first-order valence-corrected chi connectivity index (χ1v) is 14.4. The highest BCUT2D eigenvalue weighted by atomic mass is 16.5. The van der Waals surface area contributed by atoms with Crippen LogP contribution in [0, 0.1) is 0 Å². The number of fused-ring (bicyclic) bond motifs is 3. The maximum absolute atomic E-state index is 12.3. The smallest absolute Gasteiger partial charge is 0.409 e. The van der Waals surface area contributed by atoms with Gasteiger partial charge in [-0.15, -0.1) is 0 Å². The van der Waals surface area contributed by atoms with Crippen molar-refractivity contribution in [2.45, 2.75) is 44.1 Å². The monoisotopic (exact) mass is 565 g/mol. The van der Waals surface area contributed by atoms with E-state index in [2.05, 4.69) is 41.4 Å². The molecule has 1 fully saturated rings. The molecule has 42 heavy (non-hydrogen) atoms. The van der Waals surface area contributed by atoms with Gasteiger partial charge in [0.05, 0.1) is 20.1 Å². The van der Waals surface area contributed by atoms with E-state index in [1.54, 1.807) is 18.0 Å². The van der Waals surface area contributed by atoms with Gasteiger partial charge in [-0.3, -0.25) is 4.79 Å². The number of pyridine rings is 1. The van der Waals surface area contributed by atoms with Crippen LogP contribution in [0.5, 0.6) is 5.75 Å². The topological polar surface area (TPSA) is 104 Å². The predicted molar refractivity (Wildman–Crippen MR) is 161 cm³/mol. The highest BCUT2D eigenvalue weighted by Gasteiger charge is 2.47. The zero-order valence-electron chi connectivity index (χ0n) is 24.0. The molecule has 1 aromatic heterocycles. The second-order valence-corrected chi connectivity index (χ2v) is 11.1. The molecule has 0 bridgehead atoms. The quantitative estimate of drug-likeness (QED) is 0.277. The first-order valence-electron chi connectivity index (χ1n) is 14.4. The van der Waals surface area contributed by atoms with Crippen LogP contribution in [0.2, 0.25) is 0 Å². The van der Waals surface area contributed by atoms with E-state index in [1.807, 2.05) is 30.3 Å². The summed E-state index contributed by atoms with van der Waals surface area (Å²) in [5.74, 6) is 0.908. The van der Waals surface area contributed by atoms with E-state index in [1.165, 1.54) is 12.7 Å². The van der Waals surface area contributed by atoms with Crippen molar-refractivity contribution in [2.75, 3.05) is 32.5 Å². The van der Waals surface area contributed by atoms with Gasteiger partial charge in [-0.05, 0) is 78.1 Å². The number of carbonyl (C=O) groups excluding carboxylic acids is 2. The summed E-state index contributed by atoms with van der Waals surface area (Å²) in [4.78, 5) is 30.6. The molecule has 2 N–H and O–H groups in total. The molecule has 1 spiro atoms. The minimum Gasteiger partial charge on any atom is -0.485 e. The van der Waals surface area contributed by atoms with Crippen LogP contribution in [0.3, 0.4) is 0 Å². The van der Waals surface area contributed by atoms with Gasteiger partial charge >= 0.3 is 12.1 Å². The Bertz CT molecular complexity index is 1640. The second kappa shape index (κ2) is 11.4. The average molecular weight is 566 g/mol. The Balaban J connectivity index is 1.38. The van der Waals surface area contributed by atoms with Crippen LogP contribution in [0.1, 0.15) is 49.0 Å². The van der Waals surface area contributed by atoms with E-state index < -0.39 is 0 Å². The first-order chi connectivity index (χ1) is 20.4. The zero-order chi connectivity index (χ0) is 29.3. The summed E-state index contributed by atoms with van der Waals surface area (Å²) in [5.41, 5.74) is 11.4. The summed E-state index contributed by atoms with van der Waals surface area (Å²) in [6.45, 7) is 3.38. The number of amides is 1. The third-order valence-corrected chi connectivity index (χ3v) is 8.71. The van der Waals surface area contributed by atoms with Crippen molar-refractivity contribution in [1.29, 1.82) is 0 Å². The molecule has 2 aliphatic rings. The summed E-state index contributed by atoms with van der Waals surface area (Å²) < 4.78 is 17.0. The first kappa shape index (κ1) is 27.6. The number of carbonyl (C=O) groups is 2. The highest BCUT2D eigenvalue weighted by molar-refractivity contribution is 5.94. The molecular weight excluding hydrogens is 530 g/mol. The van der Waals surface area contributed by atoms with Crippen LogP contribution < -0.4 is 10.5 Å². The second-order valence-electron chi connectivity index (χ2n) is 11.1. The summed E-state index contributed by atoms with van der Waals surface area (Å²) in [7, 11) is 1.42. The number of piperidine rings is 1. The van der Waals surface area contributed by atoms with Crippen molar-refractivity contribution in [3.63, 3.8) is 0 Å². The van der Waals surface area contributed by atoms with Crippen molar-refractivity contribution in [3.8, 4) is 16.9 Å². The average Bonchev–Trinajstić information content (AvgIpc) is 3.30. The molecule has 1 amide bonds. The van der Waals surface area contributed by atoms with E-state index in [9.17, 15) is 9.59 Å². The molecule has 3 aromatic carbocycles. The van der Waals surface area contributed by atoms with Crippen LogP contribution in [-0.4, -0.2) is 48.8 Å². The van der Waals surface area contributed by atoms with Crippen LogP contribution in [0.25, 0.3) is 21.9 Å². The number of hydrogen-bond donors (Lipinski definition) is 1. The third kappa shape index (κ3) is 5.13. The van der Waals surface area contributed by atoms with Gasteiger partial charge in [-0.25, -0.2) is 9.78 Å². The molecule has 0 radical (unpaired) electrons. The van der Waals surface area contributed by atoms with Gasteiger partial charge in [-0.2, -0.15) is 0 Å². The maximum atomic E-state index is 12.3. The van der Waals surface area contributed by atoms with Gasteiger partial charge in [0.25, 0.3) is 0 Å². The number of anilines is 1. The minimum atomic E-state index is -0.288. The fraction of sp³-hybridized carbons (Fsp3) is 0.324. The summed E-state index contributed by atoms with van der Waals surface area (Å²) in [6.07, 6.45) is 3.77. The number of esters is 1. The molecular formula is C34H35N3O5. The van der Waals surface area contributed by atoms with E-state index in [4.69, 9.17) is 19.9 Å². The molecule has 4 aromatic rings. The summed E-state index contributed by atoms with van der Waals surface area (Å²) in [5, 5.41) is 1.96. The molecule has 8 nitrogen and oxygen atoms in total. The number of aromatic nitrogens is 1. The Morgan fingerprint density at radius 2 is 1.79 bits per heavy atom. The highest BCUT2D eigenvalue weighted by Crippen LogP contribution is 2.53. The zero-order valence-corrected chi connectivity index (χ0v) is 24.0. The largest absolute Gasteiger partial charge is 0.485 e.